The molecule has 0 spiro atoms. The molecule has 37 heavy (non-hydrogen) atoms. The molecular formula is C28H26F3NO5. The molecule has 1 heterocycles. The van der Waals surface area contributed by atoms with E-state index in [0.717, 1.165) is 11.1 Å². The van der Waals surface area contributed by atoms with Gasteiger partial charge in [-0.15, -0.1) is 0 Å². The second-order valence-corrected chi connectivity index (χ2v) is 8.72. The lowest BCUT2D eigenvalue weighted by Gasteiger charge is -2.41. The standard InChI is InChI=1S/C28H26F3NO5/c1-35-18-8-4-16(5-9-18)27(17-6-10-19(36-2)11-7-17)32-15-22(28(34)37-3)20(13-26(32)33)21-12-24(30)25(31)14-23(21)29/h4-12,14,20,22,27H,13,15H2,1-3H3/t20-,22+/m1/s1. The molecule has 1 aliphatic heterocycles. The van der Waals surface area contributed by atoms with Gasteiger partial charge >= 0.3 is 5.97 Å². The maximum Gasteiger partial charge on any atom is 0.311 e. The fourth-order valence-electron chi connectivity index (χ4n) is 4.80. The average Bonchev–Trinajstić information content (AvgIpc) is 2.92. The second-order valence-electron chi connectivity index (χ2n) is 8.72. The fraction of sp³-hybridized carbons (Fsp3) is 0.286. The summed E-state index contributed by atoms with van der Waals surface area (Å²) in [6.07, 6.45) is -0.301. The Bertz CT molecular complexity index is 1230. The third-order valence-electron chi connectivity index (χ3n) is 6.71. The van der Waals surface area contributed by atoms with Crippen molar-refractivity contribution in [1.82, 2.24) is 4.90 Å². The summed E-state index contributed by atoms with van der Waals surface area (Å²) in [5, 5.41) is 0. The largest absolute Gasteiger partial charge is 0.497 e. The molecule has 0 saturated carbocycles. The zero-order valence-electron chi connectivity index (χ0n) is 20.5. The van der Waals surface area contributed by atoms with Crippen molar-refractivity contribution >= 4 is 11.9 Å². The molecule has 0 aliphatic carbocycles. The molecule has 9 heteroatoms. The van der Waals surface area contributed by atoms with Gasteiger partial charge in [0.1, 0.15) is 17.3 Å². The minimum atomic E-state index is -1.35. The molecule has 0 bridgehead atoms. The summed E-state index contributed by atoms with van der Waals surface area (Å²) in [6.45, 7) is -0.128. The van der Waals surface area contributed by atoms with Crippen molar-refractivity contribution in [1.29, 1.82) is 0 Å². The lowest BCUT2D eigenvalue weighted by Crippen LogP contribution is -2.48. The third-order valence-corrected chi connectivity index (χ3v) is 6.71. The van der Waals surface area contributed by atoms with Crippen molar-refractivity contribution in [2.24, 2.45) is 5.92 Å². The molecule has 1 fully saturated rings. The molecule has 0 aromatic heterocycles. The molecule has 0 unspecified atom stereocenters. The summed E-state index contributed by atoms with van der Waals surface area (Å²) < 4.78 is 57.8. The molecule has 2 atom stereocenters. The Morgan fingerprint density at radius 3 is 1.84 bits per heavy atom. The van der Waals surface area contributed by atoms with Gasteiger partial charge in [0, 0.05) is 24.9 Å². The van der Waals surface area contributed by atoms with E-state index in [-0.39, 0.29) is 24.4 Å². The molecule has 4 rings (SSSR count). The Hall–Kier alpha value is -4.01. The normalized spacial score (nSPS) is 17.6. The number of ether oxygens (including phenoxy) is 3. The predicted octanol–water partition coefficient (Wildman–Crippen LogP) is 5.02. The Morgan fingerprint density at radius 2 is 1.35 bits per heavy atom. The number of esters is 1. The first-order valence-corrected chi connectivity index (χ1v) is 11.6. The van der Waals surface area contributed by atoms with E-state index in [4.69, 9.17) is 14.2 Å². The highest BCUT2D eigenvalue weighted by molar-refractivity contribution is 5.84. The lowest BCUT2D eigenvalue weighted by molar-refractivity contribution is -0.152. The quantitative estimate of drug-likeness (QED) is 0.328. The molecule has 3 aromatic rings. The van der Waals surface area contributed by atoms with Crippen LogP contribution < -0.4 is 9.47 Å². The lowest BCUT2D eigenvalue weighted by atomic mass is 9.78. The topological polar surface area (TPSA) is 65.1 Å². The van der Waals surface area contributed by atoms with E-state index in [2.05, 4.69) is 0 Å². The smallest absolute Gasteiger partial charge is 0.311 e. The van der Waals surface area contributed by atoms with Crippen LogP contribution in [0.1, 0.15) is 35.1 Å². The van der Waals surface area contributed by atoms with E-state index >= 15 is 0 Å². The number of rotatable bonds is 7. The molecule has 0 N–H and O–H groups in total. The van der Waals surface area contributed by atoms with E-state index in [1.165, 1.54) is 12.0 Å². The van der Waals surface area contributed by atoms with Crippen molar-refractivity contribution in [2.75, 3.05) is 27.9 Å². The Labute approximate surface area is 212 Å². The Morgan fingerprint density at radius 1 is 0.838 bits per heavy atom. The Kier molecular flexibility index (Phi) is 7.71. The van der Waals surface area contributed by atoms with E-state index in [1.807, 2.05) is 24.3 Å². The summed E-state index contributed by atoms with van der Waals surface area (Å²) in [6, 6.07) is 14.8. The molecule has 6 nitrogen and oxygen atoms in total. The van der Waals surface area contributed by atoms with Crippen LogP contribution in [0, 0.1) is 23.4 Å². The number of hydrogen-bond acceptors (Lipinski definition) is 5. The first-order chi connectivity index (χ1) is 17.8. The van der Waals surface area contributed by atoms with Crippen LogP contribution in [0.2, 0.25) is 0 Å². The van der Waals surface area contributed by atoms with Crippen molar-refractivity contribution in [3.8, 4) is 11.5 Å². The molecule has 1 aliphatic rings. The number of nitrogens with zero attached hydrogens (tertiary/aromatic N) is 1. The van der Waals surface area contributed by atoms with Crippen LogP contribution in [0.4, 0.5) is 13.2 Å². The van der Waals surface area contributed by atoms with Gasteiger partial charge in [-0.1, -0.05) is 24.3 Å². The van der Waals surface area contributed by atoms with Crippen LogP contribution in [0.25, 0.3) is 0 Å². The zero-order chi connectivity index (χ0) is 26.7. The molecule has 3 aromatic carbocycles. The SMILES string of the molecule is COC(=O)[C@H]1CN(C(c2ccc(OC)cc2)c2ccc(OC)cc2)C(=O)C[C@@H]1c1cc(F)c(F)cc1F. The fourth-order valence-corrected chi connectivity index (χ4v) is 4.80. The Balaban J connectivity index is 1.78. The van der Waals surface area contributed by atoms with Crippen LogP contribution in [0.5, 0.6) is 11.5 Å². The van der Waals surface area contributed by atoms with Crippen LogP contribution in [-0.2, 0) is 14.3 Å². The summed E-state index contributed by atoms with van der Waals surface area (Å²) >= 11 is 0. The van der Waals surface area contributed by atoms with Crippen LogP contribution in [0.3, 0.4) is 0 Å². The molecule has 194 valence electrons. The molecule has 1 saturated heterocycles. The van der Waals surface area contributed by atoms with Gasteiger partial charge in [-0.2, -0.15) is 0 Å². The van der Waals surface area contributed by atoms with Crippen LogP contribution in [0.15, 0.2) is 60.7 Å². The highest BCUT2D eigenvalue weighted by Crippen LogP contribution is 2.41. The number of amides is 1. The van der Waals surface area contributed by atoms with Crippen molar-refractivity contribution in [3.05, 3.63) is 94.8 Å². The number of likely N-dealkylation sites (tertiary alicyclic amines) is 1. The van der Waals surface area contributed by atoms with Crippen LogP contribution in [-0.4, -0.2) is 44.7 Å². The zero-order valence-corrected chi connectivity index (χ0v) is 20.5. The minimum absolute atomic E-state index is 0.128. The minimum Gasteiger partial charge on any atom is -0.497 e. The molecule has 0 radical (unpaired) electrons. The number of hydrogen-bond donors (Lipinski definition) is 0. The van der Waals surface area contributed by atoms with Gasteiger partial charge in [0.15, 0.2) is 11.6 Å². The number of benzene rings is 3. The number of carbonyl (C=O) groups is 2. The van der Waals surface area contributed by atoms with Gasteiger partial charge in [-0.3, -0.25) is 9.59 Å². The van der Waals surface area contributed by atoms with E-state index in [0.29, 0.717) is 23.6 Å². The van der Waals surface area contributed by atoms with E-state index in [9.17, 15) is 22.8 Å². The average molecular weight is 514 g/mol. The first kappa shape index (κ1) is 26.1. The summed E-state index contributed by atoms with van der Waals surface area (Å²) in [5.41, 5.74) is 1.26. The van der Waals surface area contributed by atoms with Gasteiger partial charge in [0.05, 0.1) is 33.3 Å². The van der Waals surface area contributed by atoms with Gasteiger partial charge in [-0.05, 0) is 47.0 Å². The van der Waals surface area contributed by atoms with Gasteiger partial charge in [-0.25, -0.2) is 13.2 Å². The van der Waals surface area contributed by atoms with Crippen molar-refractivity contribution in [3.63, 3.8) is 0 Å². The molecular weight excluding hydrogens is 487 g/mol. The maximum absolute atomic E-state index is 14.7. The van der Waals surface area contributed by atoms with E-state index < -0.39 is 41.3 Å². The van der Waals surface area contributed by atoms with Gasteiger partial charge < -0.3 is 19.1 Å². The van der Waals surface area contributed by atoms with E-state index in [1.54, 1.807) is 38.5 Å². The summed E-state index contributed by atoms with van der Waals surface area (Å²) in [4.78, 5) is 27.9. The molecule has 1 amide bonds. The second kappa shape index (κ2) is 10.9. The number of piperidine rings is 1. The van der Waals surface area contributed by atoms with Crippen LogP contribution >= 0.6 is 0 Å². The summed E-state index contributed by atoms with van der Waals surface area (Å²) in [7, 11) is 4.28. The van der Waals surface area contributed by atoms with Crippen molar-refractivity contribution < 1.29 is 37.0 Å². The highest BCUT2D eigenvalue weighted by atomic mass is 19.2. The first-order valence-electron chi connectivity index (χ1n) is 11.6. The maximum atomic E-state index is 14.7. The monoisotopic (exact) mass is 513 g/mol. The van der Waals surface area contributed by atoms with Crippen molar-refractivity contribution in [2.45, 2.75) is 18.4 Å². The number of carbonyl (C=O) groups excluding carboxylic acids is 2. The van der Waals surface area contributed by atoms with Gasteiger partial charge in [0.2, 0.25) is 5.91 Å². The summed E-state index contributed by atoms with van der Waals surface area (Å²) in [5.74, 6) is -5.49. The third kappa shape index (κ3) is 5.26. The number of halogens is 3. The predicted molar refractivity (Wildman–Crippen MR) is 129 cm³/mol. The number of methoxy groups -OCH3 is 3. The van der Waals surface area contributed by atoms with Gasteiger partial charge in [0.25, 0.3) is 0 Å². The highest BCUT2D eigenvalue weighted by Gasteiger charge is 2.44.